The smallest absolute Gasteiger partial charge is 0.290 e. The Kier molecular flexibility index (Phi) is 6.19. The Bertz CT molecular complexity index is 522. The van der Waals surface area contributed by atoms with Crippen LogP contribution in [0.15, 0.2) is 12.1 Å². The maximum absolute atomic E-state index is 12.0. The molecule has 0 aliphatic heterocycles. The maximum atomic E-state index is 12.0. The zero-order valence-corrected chi connectivity index (χ0v) is 12.5. The lowest BCUT2D eigenvalue weighted by Gasteiger charge is -2.16. The van der Waals surface area contributed by atoms with Gasteiger partial charge in [0.1, 0.15) is 5.02 Å². The molecule has 110 valence electrons. The third-order valence-corrected chi connectivity index (χ3v) is 3.46. The molecule has 20 heavy (non-hydrogen) atoms. The Labute approximate surface area is 126 Å². The quantitative estimate of drug-likeness (QED) is 0.645. The number of nitrogens with one attached hydrogen (secondary N) is 1. The molecule has 0 bridgehead atoms. The van der Waals surface area contributed by atoms with Crippen molar-refractivity contribution < 1.29 is 14.5 Å². The molecule has 1 amide bonds. The Balaban J connectivity index is 3.02. The number of carbonyl (C=O) groups excluding carboxylic acids is 1. The van der Waals surface area contributed by atoms with E-state index in [1.165, 1.54) is 13.2 Å². The molecule has 0 saturated carbocycles. The SMILES string of the molecule is CCC(COC)NC(=O)c1cc(Cl)c(Cl)c([N+](=O)[O-])c1. The van der Waals surface area contributed by atoms with Crippen LogP contribution in [-0.2, 0) is 4.74 Å². The average molecular weight is 321 g/mol. The normalized spacial score (nSPS) is 12.0. The van der Waals surface area contributed by atoms with Crippen molar-refractivity contribution in [3.8, 4) is 0 Å². The van der Waals surface area contributed by atoms with Crippen LogP contribution in [0.4, 0.5) is 5.69 Å². The second-order valence-electron chi connectivity index (χ2n) is 4.08. The van der Waals surface area contributed by atoms with Crippen LogP contribution in [0.2, 0.25) is 10.0 Å². The van der Waals surface area contributed by atoms with E-state index in [-0.39, 0.29) is 21.7 Å². The van der Waals surface area contributed by atoms with Gasteiger partial charge in [-0.1, -0.05) is 30.1 Å². The minimum atomic E-state index is -0.683. The van der Waals surface area contributed by atoms with Crippen molar-refractivity contribution in [2.45, 2.75) is 19.4 Å². The Morgan fingerprint density at radius 1 is 1.50 bits per heavy atom. The summed E-state index contributed by atoms with van der Waals surface area (Å²) in [4.78, 5) is 22.2. The summed E-state index contributed by atoms with van der Waals surface area (Å²) in [6.07, 6.45) is 0.670. The fraction of sp³-hybridized carbons (Fsp3) is 0.417. The van der Waals surface area contributed by atoms with Crippen molar-refractivity contribution in [3.05, 3.63) is 37.9 Å². The van der Waals surface area contributed by atoms with E-state index in [1.807, 2.05) is 6.92 Å². The molecule has 1 rings (SSSR count). The van der Waals surface area contributed by atoms with E-state index in [0.29, 0.717) is 13.0 Å². The van der Waals surface area contributed by atoms with Crippen LogP contribution >= 0.6 is 23.2 Å². The van der Waals surface area contributed by atoms with Crippen molar-refractivity contribution >= 4 is 34.8 Å². The van der Waals surface area contributed by atoms with Gasteiger partial charge in [0.15, 0.2) is 0 Å². The molecule has 1 N–H and O–H groups in total. The van der Waals surface area contributed by atoms with Gasteiger partial charge >= 0.3 is 0 Å². The summed E-state index contributed by atoms with van der Waals surface area (Å²) in [5, 5.41) is 13.3. The predicted molar refractivity (Wildman–Crippen MR) is 76.5 cm³/mol. The van der Waals surface area contributed by atoms with E-state index >= 15 is 0 Å². The molecule has 1 unspecified atom stereocenters. The Hall–Kier alpha value is -1.37. The molecule has 0 spiro atoms. The highest BCUT2D eigenvalue weighted by atomic mass is 35.5. The number of rotatable bonds is 6. The summed E-state index contributed by atoms with van der Waals surface area (Å²) in [7, 11) is 1.53. The lowest BCUT2D eigenvalue weighted by atomic mass is 10.1. The van der Waals surface area contributed by atoms with Crippen LogP contribution < -0.4 is 5.32 Å². The third-order valence-electron chi connectivity index (χ3n) is 2.66. The number of methoxy groups -OCH3 is 1. The van der Waals surface area contributed by atoms with Gasteiger partial charge in [0.25, 0.3) is 11.6 Å². The first-order valence-electron chi connectivity index (χ1n) is 5.83. The number of ether oxygens (including phenoxy) is 1. The summed E-state index contributed by atoms with van der Waals surface area (Å²) in [5.74, 6) is -0.462. The minimum Gasteiger partial charge on any atom is -0.383 e. The van der Waals surface area contributed by atoms with E-state index in [0.717, 1.165) is 6.07 Å². The van der Waals surface area contributed by atoms with E-state index in [9.17, 15) is 14.9 Å². The van der Waals surface area contributed by atoms with Crippen molar-refractivity contribution in [2.24, 2.45) is 0 Å². The zero-order chi connectivity index (χ0) is 15.3. The van der Waals surface area contributed by atoms with Crippen LogP contribution in [0.3, 0.4) is 0 Å². The summed E-state index contributed by atoms with van der Waals surface area (Å²) in [5.41, 5.74) is -0.315. The van der Waals surface area contributed by atoms with Crippen LogP contribution in [0, 0.1) is 10.1 Å². The fourth-order valence-corrected chi connectivity index (χ4v) is 1.96. The van der Waals surface area contributed by atoms with Crippen molar-refractivity contribution in [1.82, 2.24) is 5.32 Å². The van der Waals surface area contributed by atoms with Crippen molar-refractivity contribution in [3.63, 3.8) is 0 Å². The molecule has 0 fully saturated rings. The maximum Gasteiger partial charge on any atom is 0.290 e. The number of nitrogens with zero attached hydrogens (tertiary/aromatic N) is 1. The third kappa shape index (κ3) is 4.06. The van der Waals surface area contributed by atoms with Gasteiger partial charge in [0, 0.05) is 18.7 Å². The number of nitro benzene ring substituents is 1. The van der Waals surface area contributed by atoms with Gasteiger partial charge in [0.05, 0.1) is 22.6 Å². The summed E-state index contributed by atoms with van der Waals surface area (Å²) in [6, 6.07) is 2.22. The van der Waals surface area contributed by atoms with Gasteiger partial charge in [0.2, 0.25) is 0 Å². The molecule has 8 heteroatoms. The topological polar surface area (TPSA) is 81.5 Å². The first-order valence-corrected chi connectivity index (χ1v) is 6.59. The molecule has 0 aliphatic rings. The lowest BCUT2D eigenvalue weighted by molar-refractivity contribution is -0.384. The number of halogens is 2. The van der Waals surface area contributed by atoms with Gasteiger partial charge in [-0.15, -0.1) is 0 Å². The van der Waals surface area contributed by atoms with Gasteiger partial charge in [-0.05, 0) is 12.5 Å². The number of carbonyl (C=O) groups is 1. The molecular weight excluding hydrogens is 307 g/mol. The van der Waals surface area contributed by atoms with Crippen LogP contribution in [-0.4, -0.2) is 30.6 Å². The van der Waals surface area contributed by atoms with Crippen LogP contribution in [0.25, 0.3) is 0 Å². The molecule has 6 nitrogen and oxygen atoms in total. The number of hydrogen-bond acceptors (Lipinski definition) is 4. The molecular formula is C12H14Cl2N2O4. The van der Waals surface area contributed by atoms with E-state index in [2.05, 4.69) is 5.32 Å². The largest absolute Gasteiger partial charge is 0.383 e. The Morgan fingerprint density at radius 2 is 2.15 bits per heavy atom. The van der Waals surface area contributed by atoms with Crippen molar-refractivity contribution in [2.75, 3.05) is 13.7 Å². The molecule has 1 aromatic carbocycles. The second kappa shape index (κ2) is 7.42. The molecule has 0 heterocycles. The molecule has 0 radical (unpaired) electrons. The Morgan fingerprint density at radius 3 is 2.65 bits per heavy atom. The summed E-state index contributed by atoms with van der Waals surface area (Å²) < 4.78 is 4.97. The molecule has 1 aromatic rings. The second-order valence-corrected chi connectivity index (χ2v) is 4.87. The molecule has 0 aromatic heterocycles. The van der Waals surface area contributed by atoms with Gasteiger partial charge < -0.3 is 10.1 Å². The minimum absolute atomic E-state index is 0.0363. The highest BCUT2D eigenvalue weighted by Gasteiger charge is 2.21. The molecule has 0 aliphatic carbocycles. The summed E-state index contributed by atoms with van der Waals surface area (Å²) >= 11 is 11.5. The monoisotopic (exact) mass is 320 g/mol. The van der Waals surface area contributed by atoms with Gasteiger partial charge in [-0.3, -0.25) is 14.9 Å². The fourth-order valence-electron chi connectivity index (χ4n) is 1.57. The van der Waals surface area contributed by atoms with Crippen molar-refractivity contribution in [1.29, 1.82) is 0 Å². The molecule has 0 saturated heterocycles. The number of amides is 1. The first kappa shape index (κ1) is 16.7. The van der Waals surface area contributed by atoms with Gasteiger partial charge in [-0.25, -0.2) is 0 Å². The van der Waals surface area contributed by atoms with E-state index in [4.69, 9.17) is 27.9 Å². The highest BCUT2D eigenvalue weighted by molar-refractivity contribution is 6.43. The van der Waals surface area contributed by atoms with Crippen LogP contribution in [0.1, 0.15) is 23.7 Å². The van der Waals surface area contributed by atoms with E-state index < -0.39 is 16.5 Å². The average Bonchev–Trinajstić information content (AvgIpc) is 2.40. The van der Waals surface area contributed by atoms with Crippen LogP contribution in [0.5, 0.6) is 0 Å². The number of nitro groups is 1. The highest BCUT2D eigenvalue weighted by Crippen LogP contribution is 2.33. The predicted octanol–water partition coefficient (Wildman–Crippen LogP) is 3.06. The summed E-state index contributed by atoms with van der Waals surface area (Å²) in [6.45, 7) is 2.24. The van der Waals surface area contributed by atoms with E-state index in [1.54, 1.807) is 0 Å². The lowest BCUT2D eigenvalue weighted by Crippen LogP contribution is -2.37. The van der Waals surface area contributed by atoms with Gasteiger partial charge in [-0.2, -0.15) is 0 Å². The number of benzene rings is 1. The standard InChI is InChI=1S/C12H14Cl2N2O4/c1-3-8(6-20-2)15-12(17)7-4-9(13)11(14)10(5-7)16(18)19/h4-5,8H,3,6H2,1-2H3,(H,15,17). The number of hydrogen-bond donors (Lipinski definition) is 1. The zero-order valence-electron chi connectivity index (χ0n) is 11.0. The first-order chi connectivity index (χ1) is 9.40. The molecule has 1 atom stereocenters.